The number of carboxylic acids is 1. The summed E-state index contributed by atoms with van der Waals surface area (Å²) in [4.78, 5) is 28.0. The number of aliphatic carboxylic acids is 1. The molecule has 3 N–H and O–H groups in total. The largest absolute Gasteiger partial charge is 0.480 e. The topological polar surface area (TPSA) is 98.1 Å². The van der Waals surface area contributed by atoms with Crippen LogP contribution in [0.5, 0.6) is 0 Å². The molecule has 0 unspecified atom stereocenters. The molecule has 0 bridgehead atoms. The highest BCUT2D eigenvalue weighted by Gasteiger charge is 2.36. The Kier molecular flexibility index (Phi) is 5.05. The first-order valence-electron chi connectivity index (χ1n) is 3.90. The maximum absolute atomic E-state index is 10.7. The minimum Gasteiger partial charge on any atom is -0.480 e. The van der Waals surface area contributed by atoms with Crippen LogP contribution in [0, 0.1) is 5.92 Å². The fourth-order valence-electron chi connectivity index (χ4n) is 0.907. The molecule has 0 saturated heterocycles. The second-order valence-corrected chi connectivity index (χ2v) is 5.34. The average Bonchev–Trinajstić information content (AvgIpc) is 1.96. The lowest BCUT2D eigenvalue weighted by molar-refractivity contribution is -0.141. The van der Waals surface area contributed by atoms with E-state index in [1.165, 1.54) is 0 Å². The monoisotopic (exact) mass is 245 g/mol. The lowest BCUT2D eigenvalue weighted by Gasteiger charge is -2.23. The maximum Gasteiger partial charge on any atom is 0.417 e. The standard InChI is InChI=1S/C6H13ClNO5P/c1-4(2)3-5(6(9)10)8(7)14(11,12)13/h4-5H,3H2,1-2H3,(H,9,10)(H2,11,12,13)/t5-/m0/s1. The number of carbonyl (C=O) groups is 1. The molecule has 0 aliphatic carbocycles. The Morgan fingerprint density at radius 2 is 1.93 bits per heavy atom. The summed E-state index contributed by atoms with van der Waals surface area (Å²) in [5.41, 5.74) is 0. The van der Waals surface area contributed by atoms with Gasteiger partial charge in [-0.25, -0.2) is 4.57 Å². The van der Waals surface area contributed by atoms with Gasteiger partial charge >= 0.3 is 13.7 Å². The molecule has 0 aromatic rings. The van der Waals surface area contributed by atoms with Gasteiger partial charge in [0.15, 0.2) is 0 Å². The SMILES string of the molecule is CC(C)C[C@@H](C(=O)O)N(Cl)P(=O)(O)O. The molecular formula is C6H13ClNO5P. The van der Waals surface area contributed by atoms with Crippen molar-refractivity contribution in [1.82, 2.24) is 4.19 Å². The fourth-order valence-corrected chi connectivity index (χ4v) is 1.63. The molecule has 8 heteroatoms. The summed E-state index contributed by atoms with van der Waals surface area (Å²) in [6, 6.07) is -1.38. The van der Waals surface area contributed by atoms with Gasteiger partial charge in [0.2, 0.25) is 0 Å². The highest BCUT2D eigenvalue weighted by atomic mass is 35.5. The molecule has 0 fully saturated rings. The van der Waals surface area contributed by atoms with Crippen molar-refractivity contribution >= 4 is 25.5 Å². The molecule has 1 atom stereocenters. The van der Waals surface area contributed by atoms with Gasteiger partial charge in [0.1, 0.15) is 6.04 Å². The number of hydrogen-bond donors (Lipinski definition) is 3. The van der Waals surface area contributed by atoms with Crippen LogP contribution in [0.3, 0.4) is 0 Å². The van der Waals surface area contributed by atoms with Gasteiger partial charge in [0.05, 0.1) is 0 Å². The third-order valence-electron chi connectivity index (χ3n) is 1.49. The molecule has 0 aromatic carbocycles. The van der Waals surface area contributed by atoms with E-state index in [-0.39, 0.29) is 16.5 Å². The van der Waals surface area contributed by atoms with E-state index in [1.54, 1.807) is 13.8 Å². The van der Waals surface area contributed by atoms with E-state index in [0.29, 0.717) is 0 Å². The van der Waals surface area contributed by atoms with Gasteiger partial charge in [0, 0.05) is 0 Å². The van der Waals surface area contributed by atoms with E-state index in [1.807, 2.05) is 0 Å². The summed E-state index contributed by atoms with van der Waals surface area (Å²) in [7, 11) is -4.71. The lowest BCUT2D eigenvalue weighted by atomic mass is 10.1. The highest BCUT2D eigenvalue weighted by Crippen LogP contribution is 2.44. The highest BCUT2D eigenvalue weighted by molar-refractivity contribution is 7.50. The molecule has 0 spiro atoms. The number of rotatable bonds is 5. The van der Waals surface area contributed by atoms with Crippen molar-refractivity contribution < 1.29 is 24.3 Å². The Morgan fingerprint density at radius 3 is 2.14 bits per heavy atom. The van der Waals surface area contributed by atoms with E-state index in [0.717, 1.165) is 0 Å². The minimum absolute atomic E-state index is 0.0242. The van der Waals surface area contributed by atoms with Gasteiger partial charge in [-0.1, -0.05) is 13.8 Å². The molecule has 0 amide bonds. The van der Waals surface area contributed by atoms with Crippen molar-refractivity contribution in [2.75, 3.05) is 0 Å². The van der Waals surface area contributed by atoms with Crippen LogP contribution < -0.4 is 0 Å². The maximum atomic E-state index is 10.7. The minimum atomic E-state index is -4.71. The van der Waals surface area contributed by atoms with Crippen LogP contribution in [0.1, 0.15) is 20.3 Å². The summed E-state index contributed by atoms with van der Waals surface area (Å²) < 4.78 is 10.7. The second kappa shape index (κ2) is 5.09. The summed E-state index contributed by atoms with van der Waals surface area (Å²) in [6.45, 7) is 3.47. The van der Waals surface area contributed by atoms with Crippen molar-refractivity contribution in [2.45, 2.75) is 26.3 Å². The zero-order valence-electron chi connectivity index (χ0n) is 7.79. The Bertz CT molecular complexity index is 253. The number of nitrogens with zero attached hydrogens (tertiary/aromatic N) is 1. The Hall–Kier alpha value is -0.130. The van der Waals surface area contributed by atoms with E-state index >= 15 is 0 Å². The lowest BCUT2D eigenvalue weighted by Crippen LogP contribution is -2.34. The molecule has 0 saturated carbocycles. The smallest absolute Gasteiger partial charge is 0.417 e. The van der Waals surface area contributed by atoms with E-state index in [9.17, 15) is 9.36 Å². The molecule has 0 heterocycles. The molecule has 0 rings (SSSR count). The van der Waals surface area contributed by atoms with Crippen LogP contribution in [0.2, 0.25) is 0 Å². The van der Waals surface area contributed by atoms with Crippen molar-refractivity contribution in [3.8, 4) is 0 Å². The Balaban J connectivity index is 4.67. The molecule has 14 heavy (non-hydrogen) atoms. The van der Waals surface area contributed by atoms with E-state index < -0.39 is 19.8 Å². The van der Waals surface area contributed by atoms with Crippen molar-refractivity contribution in [3.63, 3.8) is 0 Å². The molecule has 84 valence electrons. The van der Waals surface area contributed by atoms with Gasteiger partial charge < -0.3 is 14.9 Å². The van der Waals surface area contributed by atoms with E-state index in [4.69, 9.17) is 26.7 Å². The van der Waals surface area contributed by atoms with Gasteiger partial charge in [-0.2, -0.15) is 0 Å². The van der Waals surface area contributed by atoms with Crippen LogP contribution in [0.4, 0.5) is 0 Å². The fraction of sp³-hybridized carbons (Fsp3) is 0.833. The zero-order valence-corrected chi connectivity index (χ0v) is 9.44. The Morgan fingerprint density at radius 1 is 1.50 bits per heavy atom. The third-order valence-corrected chi connectivity index (χ3v) is 3.09. The van der Waals surface area contributed by atoms with Crippen LogP contribution >= 0.6 is 19.5 Å². The zero-order chi connectivity index (χ0) is 11.5. The summed E-state index contributed by atoms with van der Waals surface area (Å²) in [5, 5.41) is 8.69. The normalized spacial score (nSPS) is 14.8. The van der Waals surface area contributed by atoms with E-state index in [2.05, 4.69) is 0 Å². The molecule has 0 aliphatic rings. The predicted molar refractivity (Wildman–Crippen MR) is 50.6 cm³/mol. The van der Waals surface area contributed by atoms with Gasteiger partial charge in [-0.3, -0.25) is 4.79 Å². The molecule has 6 nitrogen and oxygen atoms in total. The molecule has 0 aromatic heterocycles. The molecular weight excluding hydrogens is 232 g/mol. The van der Waals surface area contributed by atoms with Crippen LogP contribution in [-0.4, -0.2) is 31.1 Å². The first-order chi connectivity index (χ1) is 6.16. The second-order valence-electron chi connectivity index (χ2n) is 3.29. The molecule has 0 radical (unpaired) electrons. The first kappa shape index (κ1) is 13.9. The van der Waals surface area contributed by atoms with Crippen LogP contribution in [-0.2, 0) is 9.36 Å². The van der Waals surface area contributed by atoms with Crippen molar-refractivity contribution in [3.05, 3.63) is 0 Å². The third kappa shape index (κ3) is 4.39. The quantitative estimate of drug-likeness (QED) is 0.494. The van der Waals surface area contributed by atoms with Gasteiger partial charge in [-0.05, 0) is 24.1 Å². The predicted octanol–water partition coefficient (Wildman–Crippen LogP) is 1.03. The van der Waals surface area contributed by atoms with Crippen LogP contribution in [0.15, 0.2) is 0 Å². The number of halogens is 1. The summed E-state index contributed by atoms with van der Waals surface area (Å²) in [6.07, 6.45) is 0.0734. The number of hydrogen-bond acceptors (Lipinski definition) is 2. The first-order valence-corrected chi connectivity index (χ1v) is 5.80. The average molecular weight is 246 g/mol. The van der Waals surface area contributed by atoms with Gasteiger partial charge in [0.25, 0.3) is 0 Å². The van der Waals surface area contributed by atoms with Gasteiger partial charge in [-0.15, -0.1) is 4.19 Å². The van der Waals surface area contributed by atoms with Crippen LogP contribution in [0.25, 0.3) is 0 Å². The van der Waals surface area contributed by atoms with Crippen molar-refractivity contribution in [2.24, 2.45) is 5.92 Å². The van der Waals surface area contributed by atoms with Crippen molar-refractivity contribution in [1.29, 1.82) is 0 Å². The summed E-state index contributed by atoms with van der Waals surface area (Å²) >= 11 is 5.25. The summed E-state index contributed by atoms with van der Waals surface area (Å²) in [5.74, 6) is -1.37. The molecule has 0 aliphatic heterocycles. The number of carboxylic acid groups (broad SMARTS) is 1. The Labute approximate surface area is 86.8 Å².